The van der Waals surface area contributed by atoms with E-state index in [2.05, 4.69) is 29.6 Å². The van der Waals surface area contributed by atoms with Crippen molar-refractivity contribution in [2.24, 2.45) is 11.8 Å². The van der Waals surface area contributed by atoms with Crippen LogP contribution in [0.3, 0.4) is 0 Å². The molecular formula is C38H40N2O4. The number of hydrogen-bond donors (Lipinski definition) is 1. The molecule has 6 nitrogen and oxygen atoms in total. The summed E-state index contributed by atoms with van der Waals surface area (Å²) in [6, 6.07) is 33.9. The van der Waals surface area contributed by atoms with E-state index >= 15 is 0 Å². The van der Waals surface area contributed by atoms with Crippen LogP contribution in [-0.2, 0) is 35.4 Å². The SMILES string of the molecule is COc1ccc(NC(=O)C2(N(Cc3ccccc3)C(=O)Cc3ccccc3)CCC3Cc4ccccc4CC3C2)c(OC)c1. The summed E-state index contributed by atoms with van der Waals surface area (Å²) in [7, 11) is 3.18. The minimum Gasteiger partial charge on any atom is -0.497 e. The lowest BCUT2D eigenvalue weighted by Crippen LogP contribution is -2.62. The summed E-state index contributed by atoms with van der Waals surface area (Å²) in [6.07, 6.45) is 4.22. The maximum Gasteiger partial charge on any atom is 0.250 e. The highest BCUT2D eigenvalue weighted by Crippen LogP contribution is 2.47. The van der Waals surface area contributed by atoms with E-state index in [1.54, 1.807) is 26.4 Å². The van der Waals surface area contributed by atoms with Gasteiger partial charge in [0.25, 0.3) is 0 Å². The zero-order valence-corrected chi connectivity index (χ0v) is 25.5. The number of carbonyl (C=O) groups is 2. The monoisotopic (exact) mass is 588 g/mol. The molecule has 3 unspecified atom stereocenters. The van der Waals surface area contributed by atoms with Crippen LogP contribution in [0.15, 0.2) is 103 Å². The first kappa shape index (κ1) is 29.5. The Morgan fingerprint density at radius 3 is 2.09 bits per heavy atom. The van der Waals surface area contributed by atoms with Crippen LogP contribution in [0.4, 0.5) is 5.69 Å². The Kier molecular flexibility index (Phi) is 8.69. The number of rotatable bonds is 9. The van der Waals surface area contributed by atoms with Crippen molar-refractivity contribution < 1.29 is 19.1 Å². The van der Waals surface area contributed by atoms with E-state index in [9.17, 15) is 9.59 Å². The molecule has 2 aliphatic carbocycles. The maximum absolute atomic E-state index is 14.8. The van der Waals surface area contributed by atoms with Gasteiger partial charge in [-0.05, 0) is 78.3 Å². The second kappa shape index (κ2) is 13.0. The van der Waals surface area contributed by atoms with Gasteiger partial charge in [0, 0.05) is 12.6 Å². The Labute approximate surface area is 260 Å². The highest BCUT2D eigenvalue weighted by molar-refractivity contribution is 6.02. The molecule has 0 heterocycles. The lowest BCUT2D eigenvalue weighted by molar-refractivity contribution is -0.150. The second-order valence-corrected chi connectivity index (χ2v) is 12.1. The number of amides is 2. The van der Waals surface area contributed by atoms with Crippen LogP contribution < -0.4 is 14.8 Å². The van der Waals surface area contributed by atoms with E-state index in [-0.39, 0.29) is 24.2 Å². The summed E-state index contributed by atoms with van der Waals surface area (Å²) in [6.45, 7) is 0.355. The summed E-state index contributed by atoms with van der Waals surface area (Å²) in [5.41, 5.74) is 4.22. The third kappa shape index (κ3) is 6.07. The van der Waals surface area contributed by atoms with Crippen molar-refractivity contribution in [1.29, 1.82) is 0 Å². The number of methoxy groups -OCH3 is 2. The Morgan fingerprint density at radius 2 is 1.43 bits per heavy atom. The molecule has 226 valence electrons. The predicted octanol–water partition coefficient (Wildman–Crippen LogP) is 6.87. The van der Waals surface area contributed by atoms with Gasteiger partial charge >= 0.3 is 0 Å². The van der Waals surface area contributed by atoms with Crippen molar-refractivity contribution >= 4 is 17.5 Å². The zero-order valence-electron chi connectivity index (χ0n) is 25.5. The van der Waals surface area contributed by atoms with Crippen LogP contribution in [0, 0.1) is 11.8 Å². The first-order valence-corrected chi connectivity index (χ1v) is 15.5. The van der Waals surface area contributed by atoms with E-state index < -0.39 is 5.54 Å². The molecule has 0 spiro atoms. The molecule has 0 saturated heterocycles. The molecule has 4 aromatic rings. The van der Waals surface area contributed by atoms with Gasteiger partial charge in [-0.15, -0.1) is 0 Å². The van der Waals surface area contributed by atoms with Crippen LogP contribution in [0.5, 0.6) is 11.5 Å². The van der Waals surface area contributed by atoms with Gasteiger partial charge in [0.2, 0.25) is 11.8 Å². The summed E-state index contributed by atoms with van der Waals surface area (Å²) >= 11 is 0. The number of carbonyl (C=O) groups excluding carboxylic acids is 2. The van der Waals surface area contributed by atoms with Crippen molar-refractivity contribution in [1.82, 2.24) is 4.90 Å². The first-order valence-electron chi connectivity index (χ1n) is 15.5. The maximum atomic E-state index is 14.8. The van der Waals surface area contributed by atoms with Crippen molar-refractivity contribution in [2.45, 2.75) is 50.6 Å². The van der Waals surface area contributed by atoms with E-state index in [0.717, 1.165) is 30.4 Å². The van der Waals surface area contributed by atoms with Gasteiger partial charge < -0.3 is 19.7 Å². The van der Waals surface area contributed by atoms with Gasteiger partial charge in [-0.1, -0.05) is 84.9 Å². The third-order valence-corrected chi connectivity index (χ3v) is 9.56. The molecule has 0 aromatic heterocycles. The second-order valence-electron chi connectivity index (χ2n) is 12.1. The van der Waals surface area contributed by atoms with Crippen molar-refractivity contribution in [3.8, 4) is 11.5 Å². The molecule has 0 radical (unpaired) electrons. The minimum absolute atomic E-state index is 0.0495. The van der Waals surface area contributed by atoms with Crippen molar-refractivity contribution in [3.63, 3.8) is 0 Å². The predicted molar refractivity (Wildman–Crippen MR) is 173 cm³/mol. The Morgan fingerprint density at radius 1 is 0.795 bits per heavy atom. The van der Waals surface area contributed by atoms with Crippen LogP contribution >= 0.6 is 0 Å². The Hall–Kier alpha value is -4.58. The van der Waals surface area contributed by atoms with Crippen LogP contribution in [0.2, 0.25) is 0 Å². The quantitative estimate of drug-likeness (QED) is 0.232. The summed E-state index contributed by atoms with van der Waals surface area (Å²) in [4.78, 5) is 31.2. The Bertz CT molecular complexity index is 1610. The third-order valence-electron chi connectivity index (χ3n) is 9.56. The van der Waals surface area contributed by atoms with Crippen molar-refractivity contribution in [3.05, 3.63) is 125 Å². The lowest BCUT2D eigenvalue weighted by Gasteiger charge is -2.51. The number of fused-ring (bicyclic) bond motifs is 2. The fraction of sp³-hybridized carbons (Fsp3) is 0.316. The standard InChI is InChI=1S/C38H40N2O4/c1-43-33-17-18-34(35(24-33)44-2)39-37(42)38(20-19-31-22-29-15-9-10-16-30(29)23-32(31)25-38)40(26-28-13-7-4-8-14-28)36(41)21-27-11-5-3-6-12-27/h3-18,24,31-32H,19-23,25-26H2,1-2H3,(H,39,42). The van der Waals surface area contributed by atoms with E-state index in [4.69, 9.17) is 9.47 Å². The number of nitrogens with zero attached hydrogens (tertiary/aromatic N) is 1. The summed E-state index contributed by atoms with van der Waals surface area (Å²) in [5.74, 6) is 1.69. The highest BCUT2D eigenvalue weighted by Gasteiger charge is 2.52. The zero-order chi connectivity index (χ0) is 30.5. The van der Waals surface area contributed by atoms with Crippen LogP contribution in [0.1, 0.15) is 41.5 Å². The molecule has 3 atom stereocenters. The van der Waals surface area contributed by atoms with Crippen molar-refractivity contribution in [2.75, 3.05) is 19.5 Å². The lowest BCUT2D eigenvalue weighted by atomic mass is 9.62. The fourth-order valence-corrected chi connectivity index (χ4v) is 7.22. The van der Waals surface area contributed by atoms with E-state index in [0.29, 0.717) is 42.5 Å². The smallest absolute Gasteiger partial charge is 0.250 e. The summed E-state index contributed by atoms with van der Waals surface area (Å²) < 4.78 is 11.0. The molecule has 0 bridgehead atoms. The molecule has 6 rings (SSSR count). The number of nitrogens with one attached hydrogen (secondary N) is 1. The minimum atomic E-state index is -1.04. The average Bonchev–Trinajstić information content (AvgIpc) is 3.07. The van der Waals surface area contributed by atoms with Crippen LogP contribution in [0.25, 0.3) is 0 Å². The van der Waals surface area contributed by atoms with Gasteiger partial charge in [0.1, 0.15) is 17.0 Å². The van der Waals surface area contributed by atoms with Gasteiger partial charge in [0.15, 0.2) is 0 Å². The molecule has 1 saturated carbocycles. The normalized spacial score (nSPS) is 20.5. The highest BCUT2D eigenvalue weighted by atomic mass is 16.5. The van der Waals surface area contributed by atoms with Gasteiger partial charge in [0.05, 0.1) is 26.3 Å². The molecule has 1 N–H and O–H groups in total. The fourth-order valence-electron chi connectivity index (χ4n) is 7.22. The largest absolute Gasteiger partial charge is 0.497 e. The topological polar surface area (TPSA) is 67.9 Å². The summed E-state index contributed by atoms with van der Waals surface area (Å²) in [5, 5.41) is 3.21. The average molecular weight is 589 g/mol. The molecular weight excluding hydrogens is 548 g/mol. The molecule has 2 amide bonds. The molecule has 0 aliphatic heterocycles. The number of hydrogen-bond acceptors (Lipinski definition) is 4. The number of ether oxygens (including phenoxy) is 2. The molecule has 4 aromatic carbocycles. The number of anilines is 1. The van der Waals surface area contributed by atoms with Gasteiger partial charge in [-0.3, -0.25) is 9.59 Å². The number of benzene rings is 4. The molecule has 2 aliphatic rings. The van der Waals surface area contributed by atoms with E-state index in [1.165, 1.54) is 11.1 Å². The van der Waals surface area contributed by atoms with E-state index in [1.807, 2.05) is 71.6 Å². The first-order chi connectivity index (χ1) is 21.5. The Balaban J connectivity index is 1.41. The van der Waals surface area contributed by atoms with Gasteiger partial charge in [-0.2, -0.15) is 0 Å². The van der Waals surface area contributed by atoms with Gasteiger partial charge in [-0.25, -0.2) is 0 Å². The molecule has 6 heteroatoms. The molecule has 44 heavy (non-hydrogen) atoms. The molecule has 1 fully saturated rings. The van der Waals surface area contributed by atoms with Crippen LogP contribution in [-0.4, -0.2) is 36.5 Å².